The molecule has 0 unspecified atom stereocenters. The maximum atomic E-state index is 12.5. The zero-order valence-corrected chi connectivity index (χ0v) is 17.3. The van der Waals surface area contributed by atoms with Gasteiger partial charge in [-0.15, -0.1) is 0 Å². The van der Waals surface area contributed by atoms with Crippen molar-refractivity contribution in [2.24, 2.45) is 0 Å². The molecular formula is C23H22N4O4. The van der Waals surface area contributed by atoms with E-state index >= 15 is 0 Å². The molecule has 31 heavy (non-hydrogen) atoms. The summed E-state index contributed by atoms with van der Waals surface area (Å²) < 4.78 is 10.4. The molecular weight excluding hydrogens is 396 g/mol. The van der Waals surface area contributed by atoms with Crippen LogP contribution >= 0.6 is 0 Å². The summed E-state index contributed by atoms with van der Waals surface area (Å²) in [5, 5.41) is 4.79. The van der Waals surface area contributed by atoms with E-state index in [1.165, 1.54) is 0 Å². The van der Waals surface area contributed by atoms with Gasteiger partial charge in [0.25, 0.3) is 5.56 Å². The molecule has 0 saturated heterocycles. The predicted octanol–water partition coefficient (Wildman–Crippen LogP) is 3.18. The number of aromatic nitrogens is 3. The minimum atomic E-state index is -0.290. The van der Waals surface area contributed by atoms with E-state index in [0.717, 1.165) is 22.2 Å². The zero-order valence-electron chi connectivity index (χ0n) is 17.3. The van der Waals surface area contributed by atoms with Crippen LogP contribution in [0, 0.1) is 0 Å². The average Bonchev–Trinajstić information content (AvgIpc) is 3.26. The number of amides is 1. The van der Waals surface area contributed by atoms with Crippen LogP contribution in [0.2, 0.25) is 0 Å². The Balaban J connectivity index is 1.39. The molecule has 2 aromatic carbocycles. The first kappa shape index (κ1) is 20.3. The lowest BCUT2D eigenvalue weighted by Gasteiger charge is -2.17. The summed E-state index contributed by atoms with van der Waals surface area (Å²) in [6.07, 6.45) is 0.520. The fourth-order valence-electron chi connectivity index (χ4n) is 3.28. The molecule has 0 saturated carbocycles. The van der Waals surface area contributed by atoms with Gasteiger partial charge in [0.2, 0.25) is 17.6 Å². The molecule has 0 atom stereocenters. The van der Waals surface area contributed by atoms with Crippen LogP contribution in [0.1, 0.15) is 17.9 Å². The molecule has 0 aliphatic heterocycles. The molecule has 8 nitrogen and oxygen atoms in total. The summed E-state index contributed by atoms with van der Waals surface area (Å²) in [4.78, 5) is 33.6. The van der Waals surface area contributed by atoms with Gasteiger partial charge in [0.05, 0.1) is 12.7 Å². The minimum Gasteiger partial charge on any atom is -0.497 e. The molecule has 0 fully saturated rings. The zero-order chi connectivity index (χ0) is 21.8. The SMILES string of the molecule is COc1ccc(CN(C)C(=O)CCc2nc(-c3cc4ccccc4[nH]c3=O)no2)cc1. The molecule has 4 rings (SSSR count). The predicted molar refractivity (Wildman–Crippen MR) is 116 cm³/mol. The van der Waals surface area contributed by atoms with E-state index in [-0.39, 0.29) is 23.7 Å². The molecule has 4 aromatic rings. The Hall–Kier alpha value is -3.94. The Labute approximate surface area is 178 Å². The summed E-state index contributed by atoms with van der Waals surface area (Å²) in [7, 11) is 3.37. The molecule has 1 N–H and O–H groups in total. The maximum absolute atomic E-state index is 12.5. The molecule has 158 valence electrons. The Kier molecular flexibility index (Phi) is 5.79. The van der Waals surface area contributed by atoms with Gasteiger partial charge < -0.3 is 19.1 Å². The van der Waals surface area contributed by atoms with E-state index in [9.17, 15) is 9.59 Å². The first-order chi connectivity index (χ1) is 15.0. The summed E-state index contributed by atoms with van der Waals surface area (Å²) in [6, 6.07) is 16.8. The summed E-state index contributed by atoms with van der Waals surface area (Å²) in [6.45, 7) is 0.490. The second-order valence-electron chi connectivity index (χ2n) is 7.21. The Morgan fingerprint density at radius 3 is 2.71 bits per heavy atom. The van der Waals surface area contributed by atoms with Crippen LogP contribution in [-0.2, 0) is 17.8 Å². The lowest BCUT2D eigenvalue weighted by Crippen LogP contribution is -2.26. The van der Waals surface area contributed by atoms with Crippen molar-refractivity contribution in [3.05, 3.63) is 76.4 Å². The van der Waals surface area contributed by atoms with Crippen LogP contribution in [0.5, 0.6) is 5.75 Å². The molecule has 8 heteroatoms. The van der Waals surface area contributed by atoms with Crippen LogP contribution in [0.25, 0.3) is 22.3 Å². The third-order valence-electron chi connectivity index (χ3n) is 5.02. The van der Waals surface area contributed by atoms with Crippen molar-refractivity contribution in [2.45, 2.75) is 19.4 Å². The smallest absolute Gasteiger partial charge is 0.259 e. The van der Waals surface area contributed by atoms with Crippen molar-refractivity contribution in [2.75, 3.05) is 14.2 Å². The van der Waals surface area contributed by atoms with Gasteiger partial charge in [-0.2, -0.15) is 4.98 Å². The molecule has 0 aliphatic carbocycles. The molecule has 2 aromatic heterocycles. The highest BCUT2D eigenvalue weighted by Crippen LogP contribution is 2.18. The average molecular weight is 418 g/mol. The van der Waals surface area contributed by atoms with Gasteiger partial charge in [-0.25, -0.2) is 0 Å². The number of rotatable bonds is 7. The van der Waals surface area contributed by atoms with Crippen LogP contribution in [0.3, 0.4) is 0 Å². The highest BCUT2D eigenvalue weighted by Gasteiger charge is 2.16. The molecule has 2 heterocycles. The van der Waals surface area contributed by atoms with E-state index in [0.29, 0.717) is 24.4 Å². The lowest BCUT2D eigenvalue weighted by molar-refractivity contribution is -0.130. The van der Waals surface area contributed by atoms with E-state index in [2.05, 4.69) is 15.1 Å². The first-order valence-electron chi connectivity index (χ1n) is 9.85. The number of nitrogens with one attached hydrogen (secondary N) is 1. The number of carbonyl (C=O) groups excluding carboxylic acids is 1. The number of methoxy groups -OCH3 is 1. The molecule has 0 radical (unpaired) electrons. The van der Waals surface area contributed by atoms with Crippen molar-refractivity contribution < 1.29 is 14.1 Å². The third-order valence-corrected chi connectivity index (χ3v) is 5.02. The number of benzene rings is 2. The molecule has 0 bridgehead atoms. The number of carbonyl (C=O) groups is 1. The lowest BCUT2D eigenvalue weighted by atomic mass is 10.1. The number of nitrogens with zero attached hydrogens (tertiary/aromatic N) is 3. The van der Waals surface area contributed by atoms with Crippen molar-refractivity contribution in [1.82, 2.24) is 20.0 Å². The largest absolute Gasteiger partial charge is 0.497 e. The normalized spacial score (nSPS) is 10.9. The highest BCUT2D eigenvalue weighted by atomic mass is 16.5. The number of aromatic amines is 1. The number of hydrogen-bond acceptors (Lipinski definition) is 6. The van der Waals surface area contributed by atoms with Crippen LogP contribution < -0.4 is 10.3 Å². The summed E-state index contributed by atoms with van der Waals surface area (Å²) in [5.74, 6) is 1.25. The van der Waals surface area contributed by atoms with Gasteiger partial charge in [-0.05, 0) is 35.2 Å². The molecule has 0 aliphatic rings. The van der Waals surface area contributed by atoms with Crippen molar-refractivity contribution in [1.29, 1.82) is 0 Å². The van der Waals surface area contributed by atoms with Gasteiger partial charge in [0.1, 0.15) is 5.75 Å². The highest BCUT2D eigenvalue weighted by molar-refractivity contribution is 5.82. The van der Waals surface area contributed by atoms with Crippen LogP contribution in [0.15, 0.2) is 63.9 Å². The second kappa shape index (κ2) is 8.83. The standard InChI is InChI=1S/C23H22N4O4/c1-27(14-15-7-9-17(30-2)10-8-15)21(28)12-11-20-25-22(26-31-20)18-13-16-5-3-4-6-19(16)24-23(18)29/h3-10,13H,11-12,14H2,1-2H3,(H,24,29). The number of hydrogen-bond donors (Lipinski definition) is 1. The number of pyridine rings is 1. The first-order valence-corrected chi connectivity index (χ1v) is 9.85. The fraction of sp³-hybridized carbons (Fsp3) is 0.217. The van der Waals surface area contributed by atoms with Gasteiger partial charge in [0.15, 0.2) is 0 Å². The third kappa shape index (κ3) is 4.63. The van der Waals surface area contributed by atoms with Crippen LogP contribution in [0.4, 0.5) is 0 Å². The topological polar surface area (TPSA) is 101 Å². The van der Waals surface area contributed by atoms with Crippen molar-refractivity contribution in [3.8, 4) is 17.1 Å². The number of fused-ring (bicyclic) bond motifs is 1. The van der Waals surface area contributed by atoms with Crippen molar-refractivity contribution in [3.63, 3.8) is 0 Å². The Bertz CT molecular complexity index is 1260. The minimum absolute atomic E-state index is 0.0425. The number of ether oxygens (including phenoxy) is 1. The number of para-hydroxylation sites is 1. The summed E-state index contributed by atoms with van der Waals surface area (Å²) in [5.41, 5.74) is 1.79. The van der Waals surface area contributed by atoms with E-state index < -0.39 is 0 Å². The maximum Gasteiger partial charge on any atom is 0.259 e. The number of H-pyrrole nitrogens is 1. The van der Waals surface area contributed by atoms with Gasteiger partial charge in [-0.1, -0.05) is 35.5 Å². The van der Waals surface area contributed by atoms with E-state index in [4.69, 9.17) is 9.26 Å². The fourth-order valence-corrected chi connectivity index (χ4v) is 3.28. The quantitative estimate of drug-likeness (QED) is 0.495. The van der Waals surface area contributed by atoms with Crippen molar-refractivity contribution >= 4 is 16.8 Å². The monoisotopic (exact) mass is 418 g/mol. The van der Waals surface area contributed by atoms with Crippen LogP contribution in [-0.4, -0.2) is 40.1 Å². The molecule has 0 spiro atoms. The van der Waals surface area contributed by atoms with Gasteiger partial charge in [0, 0.05) is 32.0 Å². The van der Waals surface area contributed by atoms with Gasteiger partial charge >= 0.3 is 0 Å². The second-order valence-corrected chi connectivity index (χ2v) is 7.21. The number of aryl methyl sites for hydroxylation is 1. The van der Waals surface area contributed by atoms with E-state index in [1.807, 2.05) is 48.5 Å². The summed E-state index contributed by atoms with van der Waals surface area (Å²) >= 11 is 0. The Morgan fingerprint density at radius 1 is 1.16 bits per heavy atom. The molecule has 1 amide bonds. The van der Waals surface area contributed by atoms with E-state index in [1.54, 1.807) is 25.1 Å². The van der Waals surface area contributed by atoms with Gasteiger partial charge in [-0.3, -0.25) is 9.59 Å². The Morgan fingerprint density at radius 2 is 1.94 bits per heavy atom.